The van der Waals surface area contributed by atoms with E-state index < -0.39 is 4.92 Å². The fraction of sp³-hybridized carbons (Fsp3) is 0.350. The van der Waals surface area contributed by atoms with E-state index in [0.29, 0.717) is 18.1 Å². The Morgan fingerprint density at radius 1 is 1.10 bits per heavy atom. The zero-order chi connectivity index (χ0) is 20.4. The van der Waals surface area contributed by atoms with Gasteiger partial charge in [-0.1, -0.05) is 25.1 Å². The van der Waals surface area contributed by atoms with Crippen molar-refractivity contribution in [2.45, 2.75) is 13.5 Å². The van der Waals surface area contributed by atoms with E-state index in [0.717, 1.165) is 38.9 Å². The van der Waals surface area contributed by atoms with E-state index in [4.69, 9.17) is 0 Å². The van der Waals surface area contributed by atoms with Crippen LogP contribution in [0, 0.1) is 10.1 Å². The smallest absolute Gasteiger partial charge is 0.288 e. The molecule has 9 heteroatoms. The third-order valence-corrected chi connectivity index (χ3v) is 5.28. The summed E-state index contributed by atoms with van der Waals surface area (Å²) in [5.74, 6) is 0.583. The molecule has 0 radical (unpaired) electrons. The van der Waals surface area contributed by atoms with Crippen molar-refractivity contribution < 1.29 is 4.92 Å². The standard InChI is InChI=1S/C20H22N6O3/c1-2-23-8-10-24(11-9-23)14-18-22-19-17(12-16(13-21-19)26(28)29)20(27)25(18)15-6-4-3-5-7-15/h3-7,12-13H,2,8-11,14H2,1H3. The zero-order valence-corrected chi connectivity index (χ0v) is 16.2. The van der Waals surface area contributed by atoms with E-state index in [-0.39, 0.29) is 22.3 Å². The molecule has 0 atom stereocenters. The quantitative estimate of drug-likeness (QED) is 0.481. The second-order valence-electron chi connectivity index (χ2n) is 7.04. The molecule has 150 valence electrons. The molecule has 1 aliphatic rings. The van der Waals surface area contributed by atoms with Gasteiger partial charge >= 0.3 is 0 Å². The molecule has 1 saturated heterocycles. The van der Waals surface area contributed by atoms with Crippen LogP contribution < -0.4 is 5.56 Å². The topological polar surface area (TPSA) is 97.4 Å². The van der Waals surface area contributed by atoms with Crippen molar-refractivity contribution in [3.8, 4) is 5.69 Å². The van der Waals surface area contributed by atoms with Gasteiger partial charge in [0.25, 0.3) is 11.2 Å². The van der Waals surface area contributed by atoms with Gasteiger partial charge < -0.3 is 4.90 Å². The highest BCUT2D eigenvalue weighted by Gasteiger charge is 2.21. The van der Waals surface area contributed by atoms with Gasteiger partial charge in [-0.2, -0.15) is 0 Å². The van der Waals surface area contributed by atoms with Crippen molar-refractivity contribution in [1.29, 1.82) is 0 Å². The molecule has 2 aromatic heterocycles. The van der Waals surface area contributed by atoms with Crippen molar-refractivity contribution in [2.75, 3.05) is 32.7 Å². The van der Waals surface area contributed by atoms with Gasteiger partial charge in [0, 0.05) is 32.2 Å². The maximum Gasteiger partial charge on any atom is 0.288 e. The van der Waals surface area contributed by atoms with Crippen molar-refractivity contribution in [3.05, 3.63) is 68.9 Å². The second-order valence-corrected chi connectivity index (χ2v) is 7.04. The Morgan fingerprint density at radius 2 is 1.79 bits per heavy atom. The average molecular weight is 394 g/mol. The Morgan fingerprint density at radius 3 is 2.45 bits per heavy atom. The minimum absolute atomic E-state index is 0.141. The lowest BCUT2D eigenvalue weighted by Crippen LogP contribution is -2.46. The molecule has 0 spiro atoms. The molecule has 0 aliphatic carbocycles. The lowest BCUT2D eigenvalue weighted by atomic mass is 10.2. The maximum absolute atomic E-state index is 13.3. The van der Waals surface area contributed by atoms with Gasteiger partial charge in [-0.05, 0) is 18.7 Å². The van der Waals surface area contributed by atoms with Crippen molar-refractivity contribution in [2.24, 2.45) is 0 Å². The summed E-state index contributed by atoms with van der Waals surface area (Å²) in [5.41, 5.74) is 0.342. The summed E-state index contributed by atoms with van der Waals surface area (Å²) in [4.78, 5) is 37.2. The largest absolute Gasteiger partial charge is 0.301 e. The number of hydrogen-bond donors (Lipinski definition) is 0. The Kier molecular flexibility index (Phi) is 5.32. The number of pyridine rings is 1. The van der Waals surface area contributed by atoms with Crippen molar-refractivity contribution in [1.82, 2.24) is 24.3 Å². The number of fused-ring (bicyclic) bond motifs is 1. The van der Waals surface area contributed by atoms with Gasteiger partial charge in [0.05, 0.1) is 22.5 Å². The molecule has 0 bridgehead atoms. The minimum atomic E-state index is -0.556. The first kappa shape index (κ1) is 19.2. The first-order valence-corrected chi connectivity index (χ1v) is 9.63. The van der Waals surface area contributed by atoms with Crippen LogP contribution in [-0.2, 0) is 6.54 Å². The Labute approximate surface area is 167 Å². The van der Waals surface area contributed by atoms with Gasteiger partial charge in [0.2, 0.25) is 0 Å². The number of aromatic nitrogens is 3. The molecule has 1 aromatic carbocycles. The maximum atomic E-state index is 13.3. The van der Waals surface area contributed by atoms with Crippen LogP contribution in [-0.4, -0.2) is 62.0 Å². The molecule has 9 nitrogen and oxygen atoms in total. The molecule has 1 aliphatic heterocycles. The third-order valence-electron chi connectivity index (χ3n) is 5.28. The van der Waals surface area contributed by atoms with E-state index >= 15 is 0 Å². The molecular weight excluding hydrogens is 372 g/mol. The fourth-order valence-corrected chi connectivity index (χ4v) is 3.62. The Hall–Kier alpha value is -3.17. The Bertz CT molecular complexity index is 1090. The summed E-state index contributed by atoms with van der Waals surface area (Å²) < 4.78 is 1.54. The molecular formula is C20H22N6O3. The first-order chi connectivity index (χ1) is 14.1. The van der Waals surface area contributed by atoms with Gasteiger partial charge in [-0.25, -0.2) is 9.97 Å². The monoisotopic (exact) mass is 394 g/mol. The number of rotatable bonds is 5. The lowest BCUT2D eigenvalue weighted by Gasteiger charge is -2.34. The van der Waals surface area contributed by atoms with Gasteiger partial charge in [0.1, 0.15) is 12.0 Å². The van der Waals surface area contributed by atoms with Crippen LogP contribution in [0.4, 0.5) is 5.69 Å². The van der Waals surface area contributed by atoms with E-state index in [2.05, 4.69) is 26.7 Å². The lowest BCUT2D eigenvalue weighted by molar-refractivity contribution is -0.385. The van der Waals surface area contributed by atoms with E-state index in [1.54, 1.807) is 4.57 Å². The number of piperazine rings is 1. The summed E-state index contributed by atoms with van der Waals surface area (Å²) >= 11 is 0. The van der Waals surface area contributed by atoms with Crippen LogP contribution in [0.2, 0.25) is 0 Å². The predicted octanol–water partition coefficient (Wildman–Crippen LogP) is 1.83. The molecule has 3 aromatic rings. The number of nitro groups is 1. The molecule has 3 heterocycles. The Balaban J connectivity index is 1.81. The summed E-state index contributed by atoms with van der Waals surface area (Å²) in [6.45, 7) is 7.43. The summed E-state index contributed by atoms with van der Waals surface area (Å²) in [5, 5.41) is 11.3. The minimum Gasteiger partial charge on any atom is -0.301 e. The third kappa shape index (κ3) is 3.87. The van der Waals surface area contributed by atoms with Gasteiger partial charge in [-0.3, -0.25) is 24.4 Å². The highest BCUT2D eigenvalue weighted by molar-refractivity contribution is 5.76. The van der Waals surface area contributed by atoms with E-state index in [1.165, 1.54) is 6.07 Å². The van der Waals surface area contributed by atoms with Crippen LogP contribution in [0.5, 0.6) is 0 Å². The molecule has 0 saturated carbocycles. The van der Waals surface area contributed by atoms with Crippen LogP contribution >= 0.6 is 0 Å². The fourth-order valence-electron chi connectivity index (χ4n) is 3.62. The number of likely N-dealkylation sites (N-methyl/N-ethyl adjacent to an activating group) is 1. The predicted molar refractivity (Wildman–Crippen MR) is 109 cm³/mol. The molecule has 0 N–H and O–H groups in total. The van der Waals surface area contributed by atoms with Crippen LogP contribution in [0.15, 0.2) is 47.4 Å². The molecule has 0 unspecified atom stereocenters. The van der Waals surface area contributed by atoms with Gasteiger partial charge in [-0.15, -0.1) is 0 Å². The summed E-state index contributed by atoms with van der Waals surface area (Å²) in [6, 6.07) is 10.5. The summed E-state index contributed by atoms with van der Waals surface area (Å²) in [7, 11) is 0. The highest BCUT2D eigenvalue weighted by Crippen LogP contribution is 2.18. The van der Waals surface area contributed by atoms with Crippen molar-refractivity contribution >= 4 is 16.7 Å². The zero-order valence-electron chi connectivity index (χ0n) is 16.2. The number of nitrogens with zero attached hydrogens (tertiary/aromatic N) is 6. The molecule has 29 heavy (non-hydrogen) atoms. The average Bonchev–Trinajstić information content (AvgIpc) is 2.75. The van der Waals surface area contributed by atoms with E-state index in [1.807, 2.05) is 30.3 Å². The molecule has 1 fully saturated rings. The number of hydrogen-bond acceptors (Lipinski definition) is 7. The van der Waals surface area contributed by atoms with Gasteiger partial charge in [0.15, 0.2) is 5.65 Å². The highest BCUT2D eigenvalue weighted by atomic mass is 16.6. The first-order valence-electron chi connectivity index (χ1n) is 9.63. The number of para-hydroxylation sites is 1. The SMILES string of the molecule is CCN1CCN(Cc2nc3ncc([N+](=O)[O-])cc3c(=O)n2-c2ccccc2)CC1. The molecule has 4 rings (SSSR count). The second kappa shape index (κ2) is 8.06. The summed E-state index contributed by atoms with van der Waals surface area (Å²) in [6.07, 6.45) is 1.14. The number of benzene rings is 1. The van der Waals surface area contributed by atoms with Crippen molar-refractivity contribution in [3.63, 3.8) is 0 Å². The normalized spacial score (nSPS) is 15.6. The van der Waals surface area contributed by atoms with Crippen LogP contribution in [0.3, 0.4) is 0 Å². The van der Waals surface area contributed by atoms with Crippen LogP contribution in [0.1, 0.15) is 12.7 Å². The van der Waals surface area contributed by atoms with E-state index in [9.17, 15) is 14.9 Å². The molecule has 0 amide bonds. The van der Waals surface area contributed by atoms with Crippen LogP contribution in [0.25, 0.3) is 16.7 Å².